The number of rotatable bonds is 5. The highest BCUT2D eigenvalue weighted by molar-refractivity contribution is 7.80. The summed E-state index contributed by atoms with van der Waals surface area (Å²) in [6, 6.07) is 4.57. The number of thiocarbonyl (C=S) groups is 1. The standard InChI is InChI=1S/C19H28ClN3O3S/c1-24-17-12-16(18(25-2)11-15(17)20)22-19(27)21-13-3-7-23(8-4-13)14-5-9-26-10-6-14/h11-14H,3-10H2,1-2H3,(H2,21,22,27). The Morgan fingerprint density at radius 3 is 2.41 bits per heavy atom. The SMILES string of the molecule is COc1cc(NC(=S)NC2CCN(C3CCOCC3)CC2)c(OC)cc1Cl. The predicted molar refractivity (Wildman–Crippen MR) is 112 cm³/mol. The molecule has 3 rings (SSSR count). The van der Waals surface area contributed by atoms with E-state index >= 15 is 0 Å². The smallest absolute Gasteiger partial charge is 0.171 e. The number of nitrogens with one attached hydrogen (secondary N) is 2. The van der Waals surface area contributed by atoms with Gasteiger partial charge in [-0.15, -0.1) is 0 Å². The minimum Gasteiger partial charge on any atom is -0.495 e. The Balaban J connectivity index is 1.51. The summed E-state index contributed by atoms with van der Waals surface area (Å²) in [4.78, 5) is 2.60. The molecular formula is C19H28ClN3O3S. The van der Waals surface area contributed by atoms with E-state index in [2.05, 4.69) is 15.5 Å². The summed E-state index contributed by atoms with van der Waals surface area (Å²) in [7, 11) is 3.19. The second-order valence-electron chi connectivity index (χ2n) is 6.94. The van der Waals surface area contributed by atoms with Gasteiger partial charge in [-0.1, -0.05) is 11.6 Å². The van der Waals surface area contributed by atoms with Crippen molar-refractivity contribution in [2.24, 2.45) is 0 Å². The highest BCUT2D eigenvalue weighted by Crippen LogP contribution is 2.35. The van der Waals surface area contributed by atoms with E-state index in [0.29, 0.717) is 33.7 Å². The van der Waals surface area contributed by atoms with Crippen molar-refractivity contribution < 1.29 is 14.2 Å². The van der Waals surface area contributed by atoms with E-state index in [9.17, 15) is 0 Å². The lowest BCUT2D eigenvalue weighted by molar-refractivity contribution is 0.0247. The molecule has 1 aromatic rings. The van der Waals surface area contributed by atoms with Crippen molar-refractivity contribution in [1.82, 2.24) is 10.2 Å². The van der Waals surface area contributed by atoms with E-state index in [1.54, 1.807) is 26.4 Å². The highest BCUT2D eigenvalue weighted by atomic mass is 35.5. The Hall–Kier alpha value is -1.28. The quantitative estimate of drug-likeness (QED) is 0.718. The van der Waals surface area contributed by atoms with Crippen molar-refractivity contribution in [2.75, 3.05) is 45.8 Å². The minimum absolute atomic E-state index is 0.376. The number of ether oxygens (including phenoxy) is 3. The number of nitrogens with zero attached hydrogens (tertiary/aromatic N) is 1. The molecule has 1 aromatic carbocycles. The molecule has 0 atom stereocenters. The number of anilines is 1. The second-order valence-corrected chi connectivity index (χ2v) is 7.75. The fourth-order valence-corrected chi connectivity index (χ4v) is 4.27. The molecule has 0 spiro atoms. The third kappa shape index (κ3) is 5.38. The number of hydrogen-bond acceptors (Lipinski definition) is 5. The van der Waals surface area contributed by atoms with Crippen LogP contribution in [0.4, 0.5) is 5.69 Å². The van der Waals surface area contributed by atoms with Gasteiger partial charge < -0.3 is 29.7 Å². The molecule has 2 saturated heterocycles. The Morgan fingerprint density at radius 1 is 1.11 bits per heavy atom. The average Bonchev–Trinajstić information content (AvgIpc) is 2.70. The fraction of sp³-hybridized carbons (Fsp3) is 0.632. The van der Waals surface area contributed by atoms with Gasteiger partial charge in [0.2, 0.25) is 0 Å². The van der Waals surface area contributed by atoms with Gasteiger partial charge in [0.1, 0.15) is 11.5 Å². The largest absolute Gasteiger partial charge is 0.495 e. The molecule has 0 aliphatic carbocycles. The molecule has 2 aliphatic heterocycles. The Morgan fingerprint density at radius 2 is 1.78 bits per heavy atom. The number of halogens is 1. The van der Waals surface area contributed by atoms with Crippen LogP contribution in [0.3, 0.4) is 0 Å². The van der Waals surface area contributed by atoms with Crippen LogP contribution in [0.25, 0.3) is 0 Å². The third-order valence-corrected chi connectivity index (χ3v) is 5.81. The van der Waals surface area contributed by atoms with Crippen LogP contribution in [0.15, 0.2) is 12.1 Å². The molecule has 2 fully saturated rings. The molecule has 150 valence electrons. The van der Waals surface area contributed by atoms with Crippen LogP contribution in [-0.4, -0.2) is 62.6 Å². The van der Waals surface area contributed by atoms with Crippen LogP contribution in [0.5, 0.6) is 11.5 Å². The van der Waals surface area contributed by atoms with Crippen LogP contribution in [0.2, 0.25) is 5.02 Å². The van der Waals surface area contributed by atoms with Gasteiger partial charge in [0.25, 0.3) is 0 Å². The van der Waals surface area contributed by atoms with Gasteiger partial charge in [0.05, 0.1) is 24.9 Å². The third-order valence-electron chi connectivity index (χ3n) is 5.29. The Bertz CT molecular complexity index is 647. The summed E-state index contributed by atoms with van der Waals surface area (Å²) in [6.07, 6.45) is 4.47. The second kappa shape index (κ2) is 9.78. The Kier molecular flexibility index (Phi) is 7.41. The van der Waals surface area contributed by atoms with Gasteiger partial charge in [-0.05, 0) is 37.9 Å². The molecule has 2 N–H and O–H groups in total. The van der Waals surface area contributed by atoms with Crippen LogP contribution in [0, 0.1) is 0 Å². The van der Waals surface area contributed by atoms with E-state index in [-0.39, 0.29) is 0 Å². The molecule has 0 bridgehead atoms. The molecule has 2 aliphatic rings. The number of benzene rings is 1. The van der Waals surface area contributed by atoms with Crippen molar-refractivity contribution >= 4 is 34.6 Å². The molecule has 27 heavy (non-hydrogen) atoms. The molecule has 2 heterocycles. The van der Waals surface area contributed by atoms with Gasteiger partial charge >= 0.3 is 0 Å². The molecular weight excluding hydrogens is 386 g/mol. The number of methoxy groups -OCH3 is 2. The molecule has 8 heteroatoms. The molecule has 0 radical (unpaired) electrons. The first-order valence-corrected chi connectivity index (χ1v) is 10.2. The zero-order valence-electron chi connectivity index (χ0n) is 15.9. The first-order chi connectivity index (χ1) is 13.1. The summed E-state index contributed by atoms with van der Waals surface area (Å²) < 4.78 is 16.1. The lowest BCUT2D eigenvalue weighted by Crippen LogP contribution is -2.49. The maximum Gasteiger partial charge on any atom is 0.171 e. The van der Waals surface area contributed by atoms with Gasteiger partial charge in [-0.3, -0.25) is 0 Å². The van der Waals surface area contributed by atoms with Gasteiger partial charge in [-0.25, -0.2) is 0 Å². The lowest BCUT2D eigenvalue weighted by atomic mass is 10.00. The van der Waals surface area contributed by atoms with Crippen LogP contribution in [-0.2, 0) is 4.74 Å². The molecule has 0 aromatic heterocycles. The van der Waals surface area contributed by atoms with Gasteiger partial charge in [0, 0.05) is 50.5 Å². The molecule has 6 nitrogen and oxygen atoms in total. The van der Waals surface area contributed by atoms with Crippen LogP contribution in [0.1, 0.15) is 25.7 Å². The van der Waals surface area contributed by atoms with Crippen molar-refractivity contribution in [1.29, 1.82) is 0 Å². The first kappa shape index (κ1) is 20.5. The normalized spacial score (nSPS) is 19.5. The van der Waals surface area contributed by atoms with Crippen molar-refractivity contribution in [3.8, 4) is 11.5 Å². The van der Waals surface area contributed by atoms with Gasteiger partial charge in [-0.2, -0.15) is 0 Å². The minimum atomic E-state index is 0.376. The number of piperidine rings is 1. The first-order valence-electron chi connectivity index (χ1n) is 9.41. The summed E-state index contributed by atoms with van der Waals surface area (Å²) in [5, 5.41) is 7.73. The van der Waals surface area contributed by atoms with Crippen molar-refractivity contribution in [3.05, 3.63) is 17.2 Å². The van der Waals surface area contributed by atoms with E-state index in [1.165, 1.54) is 0 Å². The maximum absolute atomic E-state index is 6.16. The Labute approximate surface area is 171 Å². The monoisotopic (exact) mass is 413 g/mol. The topological polar surface area (TPSA) is 55.0 Å². The van der Waals surface area contributed by atoms with Crippen molar-refractivity contribution in [3.63, 3.8) is 0 Å². The zero-order chi connectivity index (χ0) is 19.2. The van der Waals surface area contributed by atoms with E-state index in [4.69, 9.17) is 38.0 Å². The van der Waals surface area contributed by atoms with E-state index < -0.39 is 0 Å². The van der Waals surface area contributed by atoms with Crippen LogP contribution < -0.4 is 20.1 Å². The highest BCUT2D eigenvalue weighted by Gasteiger charge is 2.26. The van der Waals surface area contributed by atoms with Gasteiger partial charge in [0.15, 0.2) is 5.11 Å². The fourth-order valence-electron chi connectivity index (χ4n) is 3.76. The lowest BCUT2D eigenvalue weighted by Gasteiger charge is -2.39. The number of hydrogen-bond donors (Lipinski definition) is 2. The summed E-state index contributed by atoms with van der Waals surface area (Å²) >= 11 is 11.7. The summed E-state index contributed by atoms with van der Waals surface area (Å²) in [5.74, 6) is 1.20. The van der Waals surface area contributed by atoms with Crippen molar-refractivity contribution in [2.45, 2.75) is 37.8 Å². The predicted octanol–water partition coefficient (Wildman–Crippen LogP) is 3.29. The van der Waals surface area contributed by atoms with E-state index in [0.717, 1.165) is 57.7 Å². The maximum atomic E-state index is 6.16. The number of likely N-dealkylation sites (tertiary alicyclic amines) is 1. The summed E-state index contributed by atoms with van der Waals surface area (Å²) in [6.45, 7) is 3.98. The van der Waals surface area contributed by atoms with E-state index in [1.807, 2.05) is 0 Å². The summed E-state index contributed by atoms with van der Waals surface area (Å²) in [5.41, 5.74) is 0.732. The molecule has 0 saturated carbocycles. The zero-order valence-corrected chi connectivity index (χ0v) is 17.5. The molecule has 0 unspecified atom stereocenters. The molecule has 0 amide bonds. The van der Waals surface area contributed by atoms with Crippen LogP contribution >= 0.6 is 23.8 Å². The average molecular weight is 414 g/mol.